The maximum atomic E-state index is 12.7. The van der Waals surface area contributed by atoms with Crippen molar-refractivity contribution in [3.63, 3.8) is 0 Å². The van der Waals surface area contributed by atoms with Gasteiger partial charge in [-0.05, 0) is 45.9 Å². The average Bonchev–Trinajstić information content (AvgIpc) is 2.93. The van der Waals surface area contributed by atoms with Crippen LogP contribution in [0.15, 0.2) is 48.5 Å². The van der Waals surface area contributed by atoms with Crippen LogP contribution in [-0.4, -0.2) is 29.2 Å². The van der Waals surface area contributed by atoms with Crippen molar-refractivity contribution in [3.05, 3.63) is 63.4 Å². The van der Waals surface area contributed by atoms with E-state index in [0.29, 0.717) is 26.1 Å². The van der Waals surface area contributed by atoms with Crippen LogP contribution in [0.5, 0.6) is 0 Å². The zero-order valence-corrected chi connectivity index (χ0v) is 15.2. The first-order valence-electron chi connectivity index (χ1n) is 7.94. The number of carbonyl (C=O) groups excluding carboxylic acids is 1. The summed E-state index contributed by atoms with van der Waals surface area (Å²) in [5, 5.41) is 8.27. The molecule has 122 valence electrons. The van der Waals surface area contributed by atoms with Crippen LogP contribution < -0.4 is 0 Å². The monoisotopic (exact) mass is 432 g/mol. The molecule has 2 heterocycles. The molecule has 0 aliphatic carbocycles. The van der Waals surface area contributed by atoms with Crippen molar-refractivity contribution < 1.29 is 9.53 Å². The Morgan fingerprint density at radius 1 is 1.21 bits per heavy atom. The Kier molecular flexibility index (Phi) is 4.14. The predicted octanol–water partition coefficient (Wildman–Crippen LogP) is 3.64. The Morgan fingerprint density at radius 2 is 2.00 bits per heavy atom. The molecule has 2 aromatic carbocycles. The number of Topliss-reactive ketones (excluding diaryl/α,β-unsaturated/α-hetero) is 1. The third-order valence-electron chi connectivity index (χ3n) is 4.65. The molecule has 1 aliphatic rings. The number of ketones is 1. The van der Waals surface area contributed by atoms with Crippen LogP contribution in [0.2, 0.25) is 0 Å². The van der Waals surface area contributed by atoms with Gasteiger partial charge in [-0.25, -0.2) is 0 Å². The van der Waals surface area contributed by atoms with Gasteiger partial charge >= 0.3 is 0 Å². The van der Waals surface area contributed by atoms with Crippen LogP contribution in [0.4, 0.5) is 0 Å². The van der Waals surface area contributed by atoms with Gasteiger partial charge in [0.15, 0.2) is 0 Å². The lowest BCUT2D eigenvalue weighted by Gasteiger charge is -2.41. The molecule has 0 unspecified atom stereocenters. The Labute approximate surface area is 153 Å². The second-order valence-electron chi connectivity index (χ2n) is 6.42. The van der Waals surface area contributed by atoms with Crippen molar-refractivity contribution in [1.82, 2.24) is 10.2 Å². The Morgan fingerprint density at radius 3 is 2.71 bits per heavy atom. The number of aromatic amines is 1. The fourth-order valence-corrected chi connectivity index (χ4v) is 3.87. The molecule has 4 rings (SSSR count). The van der Waals surface area contributed by atoms with E-state index in [9.17, 15) is 4.79 Å². The molecule has 1 aliphatic heterocycles. The number of fused-ring (bicyclic) bond motifs is 1. The third-order valence-corrected chi connectivity index (χ3v) is 5.47. The summed E-state index contributed by atoms with van der Waals surface area (Å²) in [6.45, 7) is 1.25. The minimum Gasteiger partial charge on any atom is -0.379 e. The van der Waals surface area contributed by atoms with Gasteiger partial charge in [0, 0.05) is 23.6 Å². The minimum absolute atomic E-state index is 0.146. The maximum Gasteiger partial charge on any atom is 0.138 e. The normalized spacial score (nSPS) is 16.0. The van der Waals surface area contributed by atoms with Crippen molar-refractivity contribution in [2.24, 2.45) is 0 Å². The Balaban J connectivity index is 1.52. The van der Waals surface area contributed by atoms with Gasteiger partial charge in [0.25, 0.3) is 0 Å². The molecular formula is C19H17IN2O2. The predicted molar refractivity (Wildman–Crippen MR) is 101 cm³/mol. The van der Waals surface area contributed by atoms with Gasteiger partial charge in [-0.15, -0.1) is 0 Å². The number of benzene rings is 2. The molecule has 1 fully saturated rings. The van der Waals surface area contributed by atoms with E-state index in [2.05, 4.69) is 51.0 Å². The molecule has 0 spiro atoms. The Hall–Kier alpha value is -1.73. The first-order valence-corrected chi connectivity index (χ1v) is 9.02. The van der Waals surface area contributed by atoms with Gasteiger partial charge in [-0.1, -0.05) is 36.4 Å². The number of nitrogens with zero attached hydrogens (tertiary/aromatic N) is 1. The standard InChI is InChI=1S/C19H17IN2O2/c20-18-16-9-13(6-7-17(16)21-22-18)8-15(23)10-19(11-24-12-19)14-4-2-1-3-5-14/h1-7,9H,8,10-12H2,(H,21,22). The van der Waals surface area contributed by atoms with Gasteiger partial charge in [0.1, 0.15) is 9.48 Å². The van der Waals surface area contributed by atoms with E-state index in [1.165, 1.54) is 5.56 Å². The SMILES string of the molecule is O=C(Cc1ccc2n[nH]c(I)c2c1)CC1(c2ccccc2)COC1. The molecule has 4 nitrogen and oxygen atoms in total. The smallest absolute Gasteiger partial charge is 0.138 e. The number of H-pyrrole nitrogens is 1. The second-order valence-corrected chi connectivity index (χ2v) is 7.50. The number of rotatable bonds is 5. The molecule has 5 heteroatoms. The quantitative estimate of drug-likeness (QED) is 0.627. The van der Waals surface area contributed by atoms with Crippen LogP contribution in [-0.2, 0) is 21.4 Å². The number of aromatic nitrogens is 2. The van der Waals surface area contributed by atoms with Crippen LogP contribution in [0.3, 0.4) is 0 Å². The van der Waals surface area contributed by atoms with Crippen molar-refractivity contribution in [2.75, 3.05) is 13.2 Å². The summed E-state index contributed by atoms with van der Waals surface area (Å²) in [7, 11) is 0. The molecule has 1 saturated heterocycles. The molecule has 0 amide bonds. The van der Waals surface area contributed by atoms with Crippen LogP contribution in [0, 0.1) is 3.70 Å². The van der Waals surface area contributed by atoms with E-state index in [1.807, 2.05) is 30.3 Å². The molecule has 24 heavy (non-hydrogen) atoms. The summed E-state index contributed by atoms with van der Waals surface area (Å²) in [5.74, 6) is 0.250. The lowest BCUT2D eigenvalue weighted by Crippen LogP contribution is -2.48. The first-order chi connectivity index (χ1) is 11.7. The third kappa shape index (κ3) is 2.86. The lowest BCUT2D eigenvalue weighted by atomic mass is 9.74. The summed E-state index contributed by atoms with van der Waals surface area (Å²) in [6, 6.07) is 16.2. The lowest BCUT2D eigenvalue weighted by molar-refractivity contribution is -0.126. The second kappa shape index (κ2) is 6.29. The fourth-order valence-electron chi connectivity index (χ4n) is 3.31. The zero-order chi connectivity index (χ0) is 16.6. The van der Waals surface area contributed by atoms with E-state index in [1.54, 1.807) is 0 Å². The number of ether oxygens (including phenoxy) is 1. The highest BCUT2D eigenvalue weighted by Crippen LogP contribution is 2.36. The van der Waals surface area contributed by atoms with Crippen molar-refractivity contribution in [3.8, 4) is 0 Å². The van der Waals surface area contributed by atoms with Crippen molar-refractivity contribution >= 4 is 39.3 Å². The summed E-state index contributed by atoms with van der Waals surface area (Å²) in [6.07, 6.45) is 0.976. The van der Waals surface area contributed by atoms with Crippen molar-refractivity contribution in [1.29, 1.82) is 0 Å². The summed E-state index contributed by atoms with van der Waals surface area (Å²) in [4.78, 5) is 12.7. The molecule has 1 aromatic heterocycles. The highest BCUT2D eigenvalue weighted by molar-refractivity contribution is 14.1. The van der Waals surface area contributed by atoms with Crippen LogP contribution >= 0.6 is 22.6 Å². The number of hydrogen-bond acceptors (Lipinski definition) is 3. The molecule has 0 radical (unpaired) electrons. The zero-order valence-electron chi connectivity index (χ0n) is 13.1. The summed E-state index contributed by atoms with van der Waals surface area (Å²) in [5.41, 5.74) is 3.02. The molecule has 0 bridgehead atoms. The average molecular weight is 432 g/mol. The topological polar surface area (TPSA) is 55.0 Å². The van der Waals surface area contributed by atoms with E-state index >= 15 is 0 Å². The molecule has 0 saturated carbocycles. The number of halogens is 1. The molecule has 1 N–H and O–H groups in total. The highest BCUT2D eigenvalue weighted by Gasteiger charge is 2.41. The van der Waals surface area contributed by atoms with E-state index in [0.717, 1.165) is 20.2 Å². The summed E-state index contributed by atoms with van der Waals surface area (Å²) < 4.78 is 6.45. The number of hydrogen-bond donors (Lipinski definition) is 1. The fraction of sp³-hybridized carbons (Fsp3) is 0.263. The molecule has 0 atom stereocenters. The van der Waals surface area contributed by atoms with E-state index < -0.39 is 0 Å². The van der Waals surface area contributed by atoms with E-state index in [4.69, 9.17) is 4.74 Å². The van der Waals surface area contributed by atoms with Crippen LogP contribution in [0.25, 0.3) is 10.9 Å². The van der Waals surface area contributed by atoms with Gasteiger partial charge in [0.05, 0.1) is 18.7 Å². The van der Waals surface area contributed by atoms with Gasteiger partial charge in [-0.3, -0.25) is 9.89 Å². The molecular weight excluding hydrogens is 415 g/mol. The van der Waals surface area contributed by atoms with Gasteiger partial charge in [0.2, 0.25) is 0 Å². The van der Waals surface area contributed by atoms with Gasteiger partial charge < -0.3 is 4.74 Å². The largest absolute Gasteiger partial charge is 0.379 e. The summed E-state index contributed by atoms with van der Waals surface area (Å²) >= 11 is 2.23. The van der Waals surface area contributed by atoms with Crippen LogP contribution in [0.1, 0.15) is 17.5 Å². The maximum absolute atomic E-state index is 12.7. The molecule has 3 aromatic rings. The van der Waals surface area contributed by atoms with Crippen molar-refractivity contribution in [2.45, 2.75) is 18.3 Å². The minimum atomic E-state index is -0.146. The highest BCUT2D eigenvalue weighted by atomic mass is 127. The number of carbonyl (C=O) groups is 1. The van der Waals surface area contributed by atoms with Gasteiger partial charge in [-0.2, -0.15) is 5.10 Å². The number of nitrogens with one attached hydrogen (secondary N) is 1. The first kappa shape index (κ1) is 15.8. The Bertz CT molecular complexity index is 885. The van der Waals surface area contributed by atoms with E-state index in [-0.39, 0.29) is 11.2 Å².